The van der Waals surface area contributed by atoms with Gasteiger partial charge in [-0.15, -0.1) is 5.10 Å². The van der Waals surface area contributed by atoms with Gasteiger partial charge in [0.2, 0.25) is 5.91 Å². The summed E-state index contributed by atoms with van der Waals surface area (Å²) in [7, 11) is 1.95. The van der Waals surface area contributed by atoms with Crippen molar-refractivity contribution in [1.82, 2.24) is 20.0 Å². The van der Waals surface area contributed by atoms with Gasteiger partial charge in [0.1, 0.15) is 6.04 Å². The number of benzene rings is 1. The number of aryl methyl sites for hydroxylation is 4. The molecule has 0 unspecified atom stereocenters. The van der Waals surface area contributed by atoms with E-state index in [0.29, 0.717) is 6.54 Å². The van der Waals surface area contributed by atoms with Gasteiger partial charge < -0.3 is 10.2 Å². The van der Waals surface area contributed by atoms with Gasteiger partial charge in [0.15, 0.2) is 0 Å². The standard InChI is InChI=1S/C22H26N6O.CH4/c1-14-6-5-7-17(10-14)12-28-13-19(25-26-28)9-8-18-11-20-21(15(2)23-18)24-22(29)16(3)27(20)4;/h5-7,10-11,13,16H,8-9,12H2,1-4H3,(H,24,29);1H4/t16-;/m0./s1. The second-order valence-electron chi connectivity index (χ2n) is 7.77. The fourth-order valence-electron chi connectivity index (χ4n) is 3.68. The van der Waals surface area contributed by atoms with Crippen LogP contribution in [0.15, 0.2) is 36.5 Å². The second-order valence-corrected chi connectivity index (χ2v) is 7.77. The number of anilines is 2. The maximum Gasteiger partial charge on any atom is 0.246 e. The predicted molar refractivity (Wildman–Crippen MR) is 120 cm³/mol. The minimum atomic E-state index is -0.196. The third-order valence-corrected chi connectivity index (χ3v) is 5.47. The van der Waals surface area contributed by atoms with Crippen LogP contribution >= 0.6 is 0 Å². The molecule has 3 aromatic rings. The number of hydrogen-bond acceptors (Lipinski definition) is 5. The lowest BCUT2D eigenvalue weighted by molar-refractivity contribution is -0.117. The van der Waals surface area contributed by atoms with E-state index in [4.69, 9.17) is 0 Å². The highest BCUT2D eigenvalue weighted by Crippen LogP contribution is 2.33. The number of fused-ring (bicyclic) bond motifs is 1. The zero-order valence-electron chi connectivity index (χ0n) is 17.3. The molecular weight excluding hydrogens is 376 g/mol. The highest BCUT2D eigenvalue weighted by Gasteiger charge is 2.28. The van der Waals surface area contributed by atoms with Gasteiger partial charge in [-0.2, -0.15) is 0 Å². The Morgan fingerprint density at radius 1 is 1.13 bits per heavy atom. The Hall–Kier alpha value is -3.22. The van der Waals surface area contributed by atoms with Crippen LogP contribution in [0.1, 0.15) is 42.6 Å². The van der Waals surface area contributed by atoms with Gasteiger partial charge in [-0.25, -0.2) is 4.68 Å². The zero-order chi connectivity index (χ0) is 20.5. The molecule has 0 radical (unpaired) electrons. The average molecular weight is 407 g/mol. The molecule has 0 saturated heterocycles. The molecule has 1 atom stereocenters. The summed E-state index contributed by atoms with van der Waals surface area (Å²) in [6.07, 6.45) is 3.54. The van der Waals surface area contributed by atoms with Gasteiger partial charge in [-0.05, 0) is 45.2 Å². The van der Waals surface area contributed by atoms with E-state index in [0.717, 1.165) is 41.3 Å². The molecule has 0 fully saturated rings. The van der Waals surface area contributed by atoms with E-state index in [9.17, 15) is 4.79 Å². The fraction of sp³-hybridized carbons (Fsp3) is 0.391. The number of carbonyl (C=O) groups excluding carboxylic acids is 1. The average Bonchev–Trinajstić information content (AvgIpc) is 3.13. The number of carbonyl (C=O) groups is 1. The van der Waals surface area contributed by atoms with Gasteiger partial charge in [0.25, 0.3) is 0 Å². The fourth-order valence-corrected chi connectivity index (χ4v) is 3.68. The third-order valence-electron chi connectivity index (χ3n) is 5.47. The lowest BCUT2D eigenvalue weighted by Crippen LogP contribution is -2.44. The summed E-state index contributed by atoms with van der Waals surface area (Å²) < 4.78 is 1.88. The van der Waals surface area contributed by atoms with Crippen molar-refractivity contribution >= 4 is 17.3 Å². The molecule has 1 amide bonds. The van der Waals surface area contributed by atoms with Crippen molar-refractivity contribution in [2.75, 3.05) is 17.3 Å². The summed E-state index contributed by atoms with van der Waals surface area (Å²) in [6, 6.07) is 10.3. The van der Waals surface area contributed by atoms with Crippen LogP contribution in [0.5, 0.6) is 0 Å². The van der Waals surface area contributed by atoms with Gasteiger partial charge in [0, 0.05) is 18.9 Å². The Morgan fingerprint density at radius 3 is 2.67 bits per heavy atom. The topological polar surface area (TPSA) is 75.9 Å². The summed E-state index contributed by atoms with van der Waals surface area (Å²) in [5, 5.41) is 11.5. The highest BCUT2D eigenvalue weighted by molar-refractivity contribution is 6.03. The van der Waals surface area contributed by atoms with Crippen LogP contribution in [0.3, 0.4) is 0 Å². The van der Waals surface area contributed by atoms with E-state index in [1.165, 1.54) is 11.1 Å². The van der Waals surface area contributed by atoms with Crippen LogP contribution in [-0.2, 0) is 24.2 Å². The molecule has 0 bridgehead atoms. The Bertz CT molecular complexity index is 1060. The molecule has 0 spiro atoms. The van der Waals surface area contributed by atoms with Gasteiger partial charge >= 0.3 is 0 Å². The number of aromatic nitrogens is 4. The van der Waals surface area contributed by atoms with E-state index >= 15 is 0 Å². The summed E-state index contributed by atoms with van der Waals surface area (Å²) in [5.74, 6) is 0.00266. The number of hydrogen-bond donors (Lipinski definition) is 1. The first-order valence-corrected chi connectivity index (χ1v) is 9.89. The van der Waals surface area contributed by atoms with Crippen molar-refractivity contribution < 1.29 is 4.79 Å². The Labute approximate surface area is 178 Å². The maximum absolute atomic E-state index is 12.1. The first-order chi connectivity index (χ1) is 13.9. The highest BCUT2D eigenvalue weighted by atomic mass is 16.2. The molecule has 1 N–H and O–H groups in total. The van der Waals surface area contributed by atoms with E-state index in [1.807, 2.05) is 36.7 Å². The quantitative estimate of drug-likeness (QED) is 0.701. The van der Waals surface area contributed by atoms with Crippen LogP contribution in [0.2, 0.25) is 0 Å². The van der Waals surface area contributed by atoms with Crippen LogP contribution < -0.4 is 10.2 Å². The summed E-state index contributed by atoms with van der Waals surface area (Å²) in [6.45, 7) is 6.64. The van der Waals surface area contributed by atoms with Crippen molar-refractivity contribution in [3.8, 4) is 0 Å². The summed E-state index contributed by atoms with van der Waals surface area (Å²) >= 11 is 0. The Kier molecular flexibility index (Phi) is 6.20. The number of likely N-dealkylation sites (N-methyl/N-ethyl adjacent to an activating group) is 1. The van der Waals surface area contributed by atoms with Crippen molar-refractivity contribution in [3.63, 3.8) is 0 Å². The second kappa shape index (κ2) is 8.65. The van der Waals surface area contributed by atoms with Gasteiger partial charge in [-0.1, -0.05) is 42.5 Å². The summed E-state index contributed by atoms with van der Waals surface area (Å²) in [5.41, 5.74) is 7.06. The molecule has 0 aliphatic carbocycles. The number of amides is 1. The number of nitrogens with zero attached hydrogens (tertiary/aromatic N) is 5. The molecule has 30 heavy (non-hydrogen) atoms. The molecule has 158 valence electrons. The molecule has 1 aromatic carbocycles. The van der Waals surface area contributed by atoms with Crippen molar-refractivity contribution in [2.45, 2.75) is 53.6 Å². The minimum absolute atomic E-state index is 0. The Balaban J connectivity index is 0.00000256. The summed E-state index contributed by atoms with van der Waals surface area (Å²) in [4.78, 5) is 18.8. The van der Waals surface area contributed by atoms with E-state index in [2.05, 4.69) is 57.9 Å². The number of rotatable bonds is 5. The molecule has 4 rings (SSSR count). The maximum atomic E-state index is 12.1. The molecular formula is C23H30N6O. The molecule has 1 aliphatic heterocycles. The molecule has 7 nitrogen and oxygen atoms in total. The third kappa shape index (κ3) is 4.35. The smallest absolute Gasteiger partial charge is 0.246 e. The van der Waals surface area contributed by atoms with Crippen LogP contribution in [0, 0.1) is 13.8 Å². The minimum Gasteiger partial charge on any atom is -0.361 e. The largest absolute Gasteiger partial charge is 0.361 e. The van der Waals surface area contributed by atoms with Crippen molar-refractivity contribution in [2.24, 2.45) is 0 Å². The van der Waals surface area contributed by atoms with Crippen molar-refractivity contribution in [3.05, 3.63) is 64.7 Å². The Morgan fingerprint density at radius 2 is 1.90 bits per heavy atom. The SMILES string of the molecule is C.Cc1cccc(Cn2cc(CCc3cc4c(c(C)n3)NC(=O)[C@H](C)N4C)nn2)c1. The van der Waals surface area contributed by atoms with E-state index < -0.39 is 0 Å². The van der Waals surface area contributed by atoms with Gasteiger partial charge in [-0.3, -0.25) is 9.78 Å². The van der Waals surface area contributed by atoms with Crippen LogP contribution in [-0.4, -0.2) is 39.0 Å². The molecule has 2 aromatic heterocycles. The number of nitrogens with one attached hydrogen (secondary N) is 1. The molecule has 7 heteroatoms. The first-order valence-electron chi connectivity index (χ1n) is 9.89. The monoisotopic (exact) mass is 406 g/mol. The lowest BCUT2D eigenvalue weighted by Gasteiger charge is -2.34. The zero-order valence-corrected chi connectivity index (χ0v) is 17.3. The van der Waals surface area contributed by atoms with Crippen LogP contribution in [0.25, 0.3) is 0 Å². The van der Waals surface area contributed by atoms with Gasteiger partial charge in [0.05, 0.1) is 29.3 Å². The normalized spacial score (nSPS) is 15.4. The van der Waals surface area contributed by atoms with E-state index in [-0.39, 0.29) is 19.4 Å². The van der Waals surface area contributed by atoms with E-state index in [1.54, 1.807) is 0 Å². The van der Waals surface area contributed by atoms with Crippen LogP contribution in [0.4, 0.5) is 11.4 Å². The predicted octanol–water partition coefficient (Wildman–Crippen LogP) is 3.54. The lowest BCUT2D eigenvalue weighted by atomic mass is 10.1. The molecule has 3 heterocycles. The number of pyridine rings is 1. The molecule has 0 saturated carbocycles. The molecule has 1 aliphatic rings. The first kappa shape index (κ1) is 21.5. The van der Waals surface area contributed by atoms with Crippen molar-refractivity contribution in [1.29, 1.82) is 0 Å².